The quantitative estimate of drug-likeness (QED) is 0.497. The average Bonchev–Trinajstić information content (AvgIpc) is 1.88. The summed E-state index contributed by atoms with van der Waals surface area (Å²) in [6.45, 7) is 3.80. The SMILES string of the molecule is C[C@H]1CNC[C@@H](CO)O1. The number of hydrogen-bond donors (Lipinski definition) is 2. The van der Waals surface area contributed by atoms with Crippen molar-refractivity contribution in [1.82, 2.24) is 5.32 Å². The second kappa shape index (κ2) is 3.15. The molecule has 1 saturated heterocycles. The van der Waals surface area contributed by atoms with Gasteiger partial charge in [-0.25, -0.2) is 0 Å². The van der Waals surface area contributed by atoms with Crippen molar-refractivity contribution < 1.29 is 9.84 Å². The van der Waals surface area contributed by atoms with Gasteiger partial charge in [0, 0.05) is 13.1 Å². The molecular formula is C6H13NO2. The van der Waals surface area contributed by atoms with Crippen LogP contribution in [0.3, 0.4) is 0 Å². The average molecular weight is 131 g/mol. The molecule has 0 radical (unpaired) electrons. The Kier molecular flexibility index (Phi) is 2.45. The zero-order valence-electron chi connectivity index (χ0n) is 5.63. The lowest BCUT2D eigenvalue weighted by Crippen LogP contribution is -2.44. The Balaban J connectivity index is 2.23. The molecule has 0 bridgehead atoms. The summed E-state index contributed by atoms with van der Waals surface area (Å²) in [7, 11) is 0. The number of hydrogen-bond acceptors (Lipinski definition) is 3. The van der Waals surface area contributed by atoms with Crippen molar-refractivity contribution >= 4 is 0 Å². The standard InChI is InChI=1S/C6H13NO2/c1-5-2-7-3-6(4-8)9-5/h5-8H,2-4H2,1H3/t5-,6-/m0/s1. The molecule has 9 heavy (non-hydrogen) atoms. The van der Waals surface area contributed by atoms with E-state index in [0.717, 1.165) is 13.1 Å². The van der Waals surface area contributed by atoms with Gasteiger partial charge in [0.2, 0.25) is 0 Å². The molecule has 0 aromatic heterocycles. The Hall–Kier alpha value is -0.120. The first-order valence-corrected chi connectivity index (χ1v) is 3.30. The zero-order valence-corrected chi connectivity index (χ0v) is 5.63. The van der Waals surface area contributed by atoms with Gasteiger partial charge in [-0.1, -0.05) is 0 Å². The molecular weight excluding hydrogens is 118 g/mol. The van der Waals surface area contributed by atoms with Crippen molar-refractivity contribution in [3.8, 4) is 0 Å². The van der Waals surface area contributed by atoms with E-state index in [-0.39, 0.29) is 18.8 Å². The Labute approximate surface area is 55.0 Å². The predicted octanol–water partition coefficient (Wildman–Crippen LogP) is -0.644. The normalized spacial score (nSPS) is 36.7. The third kappa shape index (κ3) is 1.93. The molecule has 0 aliphatic carbocycles. The van der Waals surface area contributed by atoms with Crippen LogP contribution in [0.1, 0.15) is 6.92 Å². The predicted molar refractivity (Wildman–Crippen MR) is 34.3 cm³/mol. The maximum absolute atomic E-state index is 8.64. The molecule has 2 atom stereocenters. The molecule has 1 aliphatic heterocycles. The van der Waals surface area contributed by atoms with Gasteiger partial charge in [0.15, 0.2) is 0 Å². The first-order valence-electron chi connectivity index (χ1n) is 3.30. The van der Waals surface area contributed by atoms with Gasteiger partial charge in [-0.3, -0.25) is 0 Å². The number of aliphatic hydroxyl groups is 1. The van der Waals surface area contributed by atoms with E-state index >= 15 is 0 Å². The smallest absolute Gasteiger partial charge is 0.0933 e. The third-order valence-electron chi connectivity index (χ3n) is 1.43. The van der Waals surface area contributed by atoms with Crippen LogP contribution in [0.25, 0.3) is 0 Å². The highest BCUT2D eigenvalue weighted by atomic mass is 16.5. The van der Waals surface area contributed by atoms with Crippen LogP contribution in [0.2, 0.25) is 0 Å². The number of rotatable bonds is 1. The number of ether oxygens (including phenoxy) is 1. The summed E-state index contributed by atoms with van der Waals surface area (Å²) in [5.41, 5.74) is 0. The fourth-order valence-corrected chi connectivity index (χ4v) is 0.980. The molecule has 0 aromatic carbocycles. The van der Waals surface area contributed by atoms with Crippen LogP contribution in [-0.4, -0.2) is 37.0 Å². The molecule has 0 amide bonds. The highest BCUT2D eigenvalue weighted by molar-refractivity contribution is 4.70. The summed E-state index contributed by atoms with van der Waals surface area (Å²) in [4.78, 5) is 0. The lowest BCUT2D eigenvalue weighted by molar-refractivity contribution is -0.0518. The fourth-order valence-electron chi connectivity index (χ4n) is 0.980. The molecule has 0 unspecified atom stereocenters. The van der Waals surface area contributed by atoms with E-state index < -0.39 is 0 Å². The van der Waals surface area contributed by atoms with Crippen molar-refractivity contribution in [2.45, 2.75) is 19.1 Å². The molecule has 2 N–H and O–H groups in total. The molecule has 3 nitrogen and oxygen atoms in total. The van der Waals surface area contributed by atoms with Gasteiger partial charge < -0.3 is 15.2 Å². The largest absolute Gasteiger partial charge is 0.394 e. The molecule has 0 saturated carbocycles. The zero-order chi connectivity index (χ0) is 6.69. The highest BCUT2D eigenvalue weighted by Gasteiger charge is 2.16. The van der Waals surface area contributed by atoms with Crippen LogP contribution < -0.4 is 5.32 Å². The Morgan fingerprint density at radius 1 is 1.67 bits per heavy atom. The van der Waals surface area contributed by atoms with Crippen molar-refractivity contribution in [2.24, 2.45) is 0 Å². The lowest BCUT2D eigenvalue weighted by atomic mass is 10.3. The number of nitrogens with one attached hydrogen (secondary N) is 1. The monoisotopic (exact) mass is 131 g/mol. The molecule has 3 heteroatoms. The van der Waals surface area contributed by atoms with Gasteiger partial charge in [-0.15, -0.1) is 0 Å². The second-order valence-electron chi connectivity index (χ2n) is 2.41. The molecule has 1 fully saturated rings. The van der Waals surface area contributed by atoms with E-state index in [1.807, 2.05) is 6.92 Å². The van der Waals surface area contributed by atoms with E-state index in [1.54, 1.807) is 0 Å². The Morgan fingerprint density at radius 3 is 2.89 bits per heavy atom. The van der Waals surface area contributed by atoms with E-state index in [1.165, 1.54) is 0 Å². The van der Waals surface area contributed by atoms with Gasteiger partial charge in [-0.05, 0) is 6.92 Å². The van der Waals surface area contributed by atoms with Crippen LogP contribution in [0.15, 0.2) is 0 Å². The second-order valence-corrected chi connectivity index (χ2v) is 2.41. The summed E-state index contributed by atoms with van der Waals surface area (Å²) in [5, 5.41) is 11.8. The maximum Gasteiger partial charge on any atom is 0.0933 e. The van der Waals surface area contributed by atoms with Crippen molar-refractivity contribution in [2.75, 3.05) is 19.7 Å². The van der Waals surface area contributed by atoms with Gasteiger partial charge in [0.25, 0.3) is 0 Å². The third-order valence-corrected chi connectivity index (χ3v) is 1.43. The maximum atomic E-state index is 8.64. The van der Waals surface area contributed by atoms with Gasteiger partial charge in [-0.2, -0.15) is 0 Å². The fraction of sp³-hybridized carbons (Fsp3) is 1.00. The van der Waals surface area contributed by atoms with E-state index in [9.17, 15) is 0 Å². The minimum atomic E-state index is 0.00810. The molecule has 0 spiro atoms. The summed E-state index contributed by atoms with van der Waals surface area (Å²) >= 11 is 0. The van der Waals surface area contributed by atoms with E-state index in [4.69, 9.17) is 9.84 Å². The summed E-state index contributed by atoms with van der Waals surface area (Å²) in [5.74, 6) is 0. The van der Waals surface area contributed by atoms with Crippen LogP contribution in [0.4, 0.5) is 0 Å². The summed E-state index contributed by atoms with van der Waals surface area (Å²) in [6, 6.07) is 0. The lowest BCUT2D eigenvalue weighted by Gasteiger charge is -2.27. The van der Waals surface area contributed by atoms with E-state index in [0.29, 0.717) is 0 Å². The Morgan fingerprint density at radius 2 is 2.44 bits per heavy atom. The minimum absolute atomic E-state index is 0.00810. The van der Waals surface area contributed by atoms with Crippen LogP contribution in [-0.2, 0) is 4.74 Å². The van der Waals surface area contributed by atoms with Crippen molar-refractivity contribution in [1.29, 1.82) is 0 Å². The number of morpholine rings is 1. The number of aliphatic hydroxyl groups excluding tert-OH is 1. The summed E-state index contributed by atoms with van der Waals surface area (Å²) < 4.78 is 5.32. The van der Waals surface area contributed by atoms with Crippen molar-refractivity contribution in [3.63, 3.8) is 0 Å². The Bertz CT molecular complexity index is 87.1. The molecule has 1 rings (SSSR count). The molecule has 1 aliphatic rings. The van der Waals surface area contributed by atoms with Crippen LogP contribution in [0, 0.1) is 0 Å². The first-order chi connectivity index (χ1) is 4.33. The van der Waals surface area contributed by atoms with Gasteiger partial charge in [0.1, 0.15) is 0 Å². The summed E-state index contributed by atoms with van der Waals surface area (Å²) in [6.07, 6.45) is 0.254. The highest BCUT2D eigenvalue weighted by Crippen LogP contribution is 2.00. The van der Waals surface area contributed by atoms with Crippen molar-refractivity contribution in [3.05, 3.63) is 0 Å². The molecule has 54 valence electrons. The molecule has 1 heterocycles. The van der Waals surface area contributed by atoms with Crippen LogP contribution in [0.5, 0.6) is 0 Å². The minimum Gasteiger partial charge on any atom is -0.394 e. The van der Waals surface area contributed by atoms with Gasteiger partial charge >= 0.3 is 0 Å². The van der Waals surface area contributed by atoms with Gasteiger partial charge in [0.05, 0.1) is 18.8 Å². The van der Waals surface area contributed by atoms with Crippen LogP contribution >= 0.6 is 0 Å². The molecule has 0 aromatic rings. The topological polar surface area (TPSA) is 41.5 Å². The first kappa shape index (κ1) is 6.99. The van der Waals surface area contributed by atoms with E-state index in [2.05, 4.69) is 5.32 Å².